The quantitative estimate of drug-likeness (QED) is 0.555. The van der Waals surface area contributed by atoms with E-state index < -0.39 is 0 Å². The predicted molar refractivity (Wildman–Crippen MR) is 74.0 cm³/mol. The standard InChI is InChI=1S/C12H19ClN2OS/c1-16-8-7-14-6-2-3-9-17-12-5-4-11(13)10-15-12/h4-5,10,14H,2-3,6-9H2,1H3. The molecule has 0 aromatic carbocycles. The zero-order valence-electron chi connectivity index (χ0n) is 10.1. The molecule has 0 saturated carbocycles. The highest BCUT2D eigenvalue weighted by molar-refractivity contribution is 7.99. The maximum atomic E-state index is 5.77. The van der Waals surface area contributed by atoms with Crippen LogP contribution in [0.15, 0.2) is 23.4 Å². The van der Waals surface area contributed by atoms with Crippen LogP contribution in [-0.4, -0.2) is 37.5 Å². The highest BCUT2D eigenvalue weighted by Crippen LogP contribution is 2.18. The van der Waals surface area contributed by atoms with Gasteiger partial charge in [0, 0.05) is 19.9 Å². The van der Waals surface area contributed by atoms with E-state index in [9.17, 15) is 0 Å². The second-order valence-electron chi connectivity index (χ2n) is 3.61. The Bertz CT molecular complexity index is 295. The lowest BCUT2D eigenvalue weighted by Crippen LogP contribution is -2.20. The Morgan fingerprint density at radius 1 is 1.35 bits per heavy atom. The Hall–Kier alpha value is -0.290. The van der Waals surface area contributed by atoms with Crippen molar-refractivity contribution < 1.29 is 4.74 Å². The van der Waals surface area contributed by atoms with E-state index in [0.29, 0.717) is 5.02 Å². The summed E-state index contributed by atoms with van der Waals surface area (Å²) in [6, 6.07) is 3.84. The molecule has 0 aliphatic heterocycles. The molecule has 0 radical (unpaired) electrons. The topological polar surface area (TPSA) is 34.1 Å². The van der Waals surface area contributed by atoms with Crippen LogP contribution in [0.5, 0.6) is 0 Å². The van der Waals surface area contributed by atoms with Crippen LogP contribution in [0.2, 0.25) is 5.02 Å². The molecule has 1 rings (SSSR count). The number of halogens is 1. The molecule has 0 unspecified atom stereocenters. The fourth-order valence-corrected chi connectivity index (χ4v) is 2.24. The molecule has 17 heavy (non-hydrogen) atoms. The van der Waals surface area contributed by atoms with Crippen molar-refractivity contribution in [2.45, 2.75) is 17.9 Å². The molecule has 0 spiro atoms. The first kappa shape index (κ1) is 14.8. The van der Waals surface area contributed by atoms with Gasteiger partial charge in [-0.3, -0.25) is 0 Å². The Balaban J connectivity index is 1.95. The van der Waals surface area contributed by atoms with Gasteiger partial charge in [0.05, 0.1) is 16.7 Å². The molecule has 0 amide bonds. The molecule has 1 N–H and O–H groups in total. The van der Waals surface area contributed by atoms with E-state index in [1.807, 2.05) is 12.1 Å². The minimum atomic E-state index is 0.691. The van der Waals surface area contributed by atoms with E-state index in [0.717, 1.165) is 30.5 Å². The van der Waals surface area contributed by atoms with Crippen molar-refractivity contribution in [1.29, 1.82) is 0 Å². The van der Waals surface area contributed by atoms with Crippen molar-refractivity contribution >= 4 is 23.4 Å². The molecule has 3 nitrogen and oxygen atoms in total. The highest BCUT2D eigenvalue weighted by Gasteiger charge is 1.96. The molecule has 96 valence electrons. The van der Waals surface area contributed by atoms with Gasteiger partial charge < -0.3 is 10.1 Å². The van der Waals surface area contributed by atoms with Crippen LogP contribution in [0.25, 0.3) is 0 Å². The summed E-state index contributed by atoms with van der Waals surface area (Å²) in [6.07, 6.45) is 4.06. The molecule has 1 aromatic rings. The molecule has 0 fully saturated rings. The second-order valence-corrected chi connectivity index (χ2v) is 5.16. The van der Waals surface area contributed by atoms with Gasteiger partial charge in [-0.2, -0.15) is 0 Å². The largest absolute Gasteiger partial charge is 0.383 e. The molecule has 1 aromatic heterocycles. The van der Waals surface area contributed by atoms with E-state index in [4.69, 9.17) is 16.3 Å². The molecular weight excluding hydrogens is 256 g/mol. The lowest BCUT2D eigenvalue weighted by Gasteiger charge is -2.03. The van der Waals surface area contributed by atoms with Crippen molar-refractivity contribution in [3.63, 3.8) is 0 Å². The molecule has 0 saturated heterocycles. The van der Waals surface area contributed by atoms with Crippen LogP contribution in [-0.2, 0) is 4.74 Å². The van der Waals surface area contributed by atoms with Crippen molar-refractivity contribution in [3.8, 4) is 0 Å². The maximum Gasteiger partial charge on any atom is 0.0960 e. The zero-order chi connectivity index (χ0) is 12.3. The highest BCUT2D eigenvalue weighted by atomic mass is 35.5. The van der Waals surface area contributed by atoms with Crippen LogP contribution in [0.1, 0.15) is 12.8 Å². The smallest absolute Gasteiger partial charge is 0.0960 e. The van der Waals surface area contributed by atoms with E-state index in [1.54, 1.807) is 25.1 Å². The van der Waals surface area contributed by atoms with Gasteiger partial charge in [-0.25, -0.2) is 4.98 Å². The number of ether oxygens (including phenoxy) is 1. The number of nitrogens with one attached hydrogen (secondary N) is 1. The van der Waals surface area contributed by atoms with Gasteiger partial charge in [-0.05, 0) is 37.3 Å². The van der Waals surface area contributed by atoms with E-state index >= 15 is 0 Å². The van der Waals surface area contributed by atoms with Crippen LogP contribution >= 0.6 is 23.4 Å². The maximum absolute atomic E-state index is 5.77. The Morgan fingerprint density at radius 3 is 2.94 bits per heavy atom. The van der Waals surface area contributed by atoms with E-state index in [2.05, 4.69) is 10.3 Å². The monoisotopic (exact) mass is 274 g/mol. The average Bonchev–Trinajstić information content (AvgIpc) is 2.35. The predicted octanol–water partition coefficient (Wildman–Crippen LogP) is 2.84. The van der Waals surface area contributed by atoms with E-state index in [-0.39, 0.29) is 0 Å². The summed E-state index contributed by atoms with van der Waals surface area (Å²) in [5.41, 5.74) is 0. The lowest BCUT2D eigenvalue weighted by molar-refractivity contribution is 0.199. The summed E-state index contributed by atoms with van der Waals surface area (Å²) in [4.78, 5) is 4.24. The first-order chi connectivity index (χ1) is 8.33. The molecule has 0 aliphatic rings. The van der Waals surface area contributed by atoms with Crippen molar-refractivity contribution in [2.24, 2.45) is 0 Å². The van der Waals surface area contributed by atoms with Gasteiger partial charge in [-0.15, -0.1) is 11.8 Å². The van der Waals surface area contributed by atoms with Crippen LogP contribution < -0.4 is 5.32 Å². The Morgan fingerprint density at radius 2 is 2.24 bits per heavy atom. The zero-order valence-corrected chi connectivity index (χ0v) is 11.7. The van der Waals surface area contributed by atoms with Gasteiger partial charge in [0.15, 0.2) is 0 Å². The molecule has 0 aliphatic carbocycles. The number of aromatic nitrogens is 1. The lowest BCUT2D eigenvalue weighted by atomic mass is 10.3. The SMILES string of the molecule is COCCNCCCCSc1ccc(Cl)cn1. The van der Waals surface area contributed by atoms with E-state index in [1.165, 1.54) is 12.8 Å². The van der Waals surface area contributed by atoms with Gasteiger partial charge in [-0.1, -0.05) is 11.6 Å². The van der Waals surface area contributed by atoms with Crippen LogP contribution in [0.3, 0.4) is 0 Å². The number of unbranched alkanes of at least 4 members (excludes halogenated alkanes) is 1. The molecule has 0 bridgehead atoms. The average molecular weight is 275 g/mol. The summed E-state index contributed by atoms with van der Waals surface area (Å²) >= 11 is 7.54. The Labute approximate surface area is 112 Å². The van der Waals surface area contributed by atoms with Gasteiger partial charge >= 0.3 is 0 Å². The number of pyridine rings is 1. The van der Waals surface area contributed by atoms with Gasteiger partial charge in [0.1, 0.15) is 0 Å². The second kappa shape index (κ2) is 9.71. The minimum absolute atomic E-state index is 0.691. The van der Waals surface area contributed by atoms with Crippen LogP contribution in [0.4, 0.5) is 0 Å². The van der Waals surface area contributed by atoms with Crippen molar-refractivity contribution in [1.82, 2.24) is 10.3 Å². The molecular formula is C12H19ClN2OS. The summed E-state index contributed by atoms with van der Waals surface area (Å²) in [5.74, 6) is 1.10. The Kier molecular flexibility index (Phi) is 8.44. The van der Waals surface area contributed by atoms with Gasteiger partial charge in [0.2, 0.25) is 0 Å². The fourth-order valence-electron chi connectivity index (χ4n) is 1.28. The first-order valence-electron chi connectivity index (χ1n) is 5.77. The summed E-state index contributed by atoms with van der Waals surface area (Å²) < 4.78 is 4.95. The third-order valence-electron chi connectivity index (χ3n) is 2.18. The number of nitrogens with zero attached hydrogens (tertiary/aromatic N) is 1. The molecule has 0 atom stereocenters. The number of thioether (sulfide) groups is 1. The normalized spacial score (nSPS) is 10.7. The van der Waals surface area contributed by atoms with Crippen molar-refractivity contribution in [3.05, 3.63) is 23.4 Å². The minimum Gasteiger partial charge on any atom is -0.383 e. The van der Waals surface area contributed by atoms with Crippen LogP contribution in [0, 0.1) is 0 Å². The third-order valence-corrected chi connectivity index (χ3v) is 3.43. The number of methoxy groups -OCH3 is 1. The fraction of sp³-hybridized carbons (Fsp3) is 0.583. The summed E-state index contributed by atoms with van der Waals surface area (Å²) in [6.45, 7) is 2.77. The number of hydrogen-bond acceptors (Lipinski definition) is 4. The molecule has 5 heteroatoms. The summed E-state index contributed by atoms with van der Waals surface area (Å²) in [7, 11) is 1.72. The summed E-state index contributed by atoms with van der Waals surface area (Å²) in [5, 5.41) is 5.06. The first-order valence-corrected chi connectivity index (χ1v) is 7.13. The third kappa shape index (κ3) is 7.60. The van der Waals surface area contributed by atoms with Crippen molar-refractivity contribution in [2.75, 3.05) is 32.6 Å². The number of hydrogen-bond donors (Lipinski definition) is 1. The number of rotatable bonds is 9. The van der Waals surface area contributed by atoms with Gasteiger partial charge in [0.25, 0.3) is 0 Å². The molecule has 1 heterocycles.